The minimum absolute atomic E-state index is 0.112. The van der Waals surface area contributed by atoms with Gasteiger partial charge in [0, 0.05) is 10.8 Å². The van der Waals surface area contributed by atoms with E-state index in [0.29, 0.717) is 10.8 Å². The summed E-state index contributed by atoms with van der Waals surface area (Å²) in [6.07, 6.45) is 1.48. The van der Waals surface area contributed by atoms with Crippen LogP contribution in [0.5, 0.6) is 0 Å². The van der Waals surface area contributed by atoms with E-state index in [0.717, 1.165) is 0 Å². The average Bonchev–Trinajstić information content (AvgIpc) is 2.17. The highest BCUT2D eigenvalue weighted by Gasteiger charge is 2.11. The van der Waals surface area contributed by atoms with E-state index < -0.39 is 5.97 Å². The predicted molar refractivity (Wildman–Crippen MR) is 51.5 cm³/mol. The maximum atomic E-state index is 10.9. The van der Waals surface area contributed by atoms with Crippen LogP contribution in [0.25, 0.3) is 10.8 Å². The van der Waals surface area contributed by atoms with Gasteiger partial charge in [0.05, 0.1) is 11.8 Å². The van der Waals surface area contributed by atoms with Crippen molar-refractivity contribution in [2.24, 2.45) is 0 Å². The maximum Gasteiger partial charge on any atom is 0.336 e. The van der Waals surface area contributed by atoms with Gasteiger partial charge < -0.3 is 5.11 Å². The molecule has 0 aliphatic heterocycles. The van der Waals surface area contributed by atoms with Gasteiger partial charge in [-0.1, -0.05) is 23.7 Å². The molecule has 0 atom stereocenters. The van der Waals surface area contributed by atoms with Crippen LogP contribution in [-0.2, 0) is 0 Å². The molecule has 1 aromatic heterocycles. The second-order valence-corrected chi connectivity index (χ2v) is 3.07. The van der Waals surface area contributed by atoms with Gasteiger partial charge in [-0.05, 0) is 6.07 Å². The molecule has 0 saturated heterocycles. The molecule has 0 aliphatic carbocycles. The van der Waals surface area contributed by atoms with Crippen molar-refractivity contribution < 1.29 is 9.90 Å². The first-order chi connectivity index (χ1) is 6.70. The third kappa shape index (κ3) is 1.29. The Hall–Kier alpha value is -1.68. The highest BCUT2D eigenvalue weighted by Crippen LogP contribution is 2.23. The normalized spacial score (nSPS) is 10.4. The average molecular weight is 209 g/mol. The SMILES string of the molecule is O=C(O)c1cccc2cnnc(Cl)c12. The summed E-state index contributed by atoms with van der Waals surface area (Å²) in [5.41, 5.74) is 0.141. The van der Waals surface area contributed by atoms with Crippen LogP contribution in [0.15, 0.2) is 24.4 Å². The number of aromatic nitrogens is 2. The fraction of sp³-hybridized carbons (Fsp3) is 0. The Kier molecular flexibility index (Phi) is 2.05. The lowest BCUT2D eigenvalue weighted by Crippen LogP contribution is -1.98. The molecule has 0 fully saturated rings. The molecule has 0 radical (unpaired) electrons. The number of carboxylic acid groups (broad SMARTS) is 1. The quantitative estimate of drug-likeness (QED) is 0.779. The van der Waals surface area contributed by atoms with Crippen molar-refractivity contribution in [1.82, 2.24) is 10.2 Å². The summed E-state index contributed by atoms with van der Waals surface area (Å²) in [4.78, 5) is 10.9. The summed E-state index contributed by atoms with van der Waals surface area (Å²) >= 11 is 5.77. The van der Waals surface area contributed by atoms with Crippen molar-refractivity contribution in [3.8, 4) is 0 Å². The molecule has 0 amide bonds. The molecule has 0 saturated carbocycles. The van der Waals surface area contributed by atoms with Gasteiger partial charge in [-0.3, -0.25) is 0 Å². The van der Waals surface area contributed by atoms with Gasteiger partial charge in [0.15, 0.2) is 5.15 Å². The molecule has 1 heterocycles. The molecule has 1 N–H and O–H groups in total. The van der Waals surface area contributed by atoms with Crippen LogP contribution in [0, 0.1) is 0 Å². The molecule has 0 spiro atoms. The third-order valence-electron chi connectivity index (χ3n) is 1.88. The molecule has 0 unspecified atom stereocenters. The van der Waals surface area contributed by atoms with Crippen LogP contribution in [0.3, 0.4) is 0 Å². The first-order valence-corrected chi connectivity index (χ1v) is 4.21. The number of hydrogen-bond donors (Lipinski definition) is 1. The fourth-order valence-electron chi connectivity index (χ4n) is 1.28. The van der Waals surface area contributed by atoms with E-state index in [1.807, 2.05) is 0 Å². The smallest absolute Gasteiger partial charge is 0.336 e. The molecule has 4 nitrogen and oxygen atoms in total. The van der Waals surface area contributed by atoms with Crippen LogP contribution >= 0.6 is 11.6 Å². The number of nitrogens with zero attached hydrogens (tertiary/aromatic N) is 2. The number of benzene rings is 1. The van der Waals surface area contributed by atoms with Gasteiger partial charge in [0.1, 0.15) is 0 Å². The van der Waals surface area contributed by atoms with E-state index in [-0.39, 0.29) is 10.7 Å². The van der Waals surface area contributed by atoms with E-state index in [1.54, 1.807) is 12.1 Å². The summed E-state index contributed by atoms with van der Waals surface area (Å²) in [5.74, 6) is -1.02. The first kappa shape index (κ1) is 8.90. The summed E-state index contributed by atoms with van der Waals surface area (Å²) in [6, 6.07) is 4.87. The molecule has 2 rings (SSSR count). The molecular weight excluding hydrogens is 204 g/mol. The highest BCUT2D eigenvalue weighted by molar-refractivity contribution is 6.35. The standard InChI is InChI=1S/C9H5ClN2O2/c10-8-7-5(4-11-12-8)2-1-3-6(7)9(13)14/h1-4H,(H,13,14). The Morgan fingerprint density at radius 3 is 2.93 bits per heavy atom. The van der Waals surface area contributed by atoms with Gasteiger partial charge in [-0.25, -0.2) is 4.79 Å². The van der Waals surface area contributed by atoms with E-state index >= 15 is 0 Å². The second kappa shape index (κ2) is 3.23. The van der Waals surface area contributed by atoms with Crippen molar-refractivity contribution in [2.45, 2.75) is 0 Å². The molecule has 14 heavy (non-hydrogen) atoms. The second-order valence-electron chi connectivity index (χ2n) is 2.71. The minimum Gasteiger partial charge on any atom is -0.478 e. The van der Waals surface area contributed by atoms with Crippen molar-refractivity contribution in [3.05, 3.63) is 35.1 Å². The molecule has 0 bridgehead atoms. The van der Waals surface area contributed by atoms with Crippen LogP contribution in [0.2, 0.25) is 5.15 Å². The Morgan fingerprint density at radius 1 is 1.43 bits per heavy atom. The number of carboxylic acids is 1. The summed E-state index contributed by atoms with van der Waals surface area (Å²) in [7, 11) is 0. The fourth-order valence-corrected chi connectivity index (χ4v) is 1.53. The van der Waals surface area contributed by atoms with Crippen molar-refractivity contribution in [1.29, 1.82) is 0 Å². The predicted octanol–water partition coefficient (Wildman–Crippen LogP) is 1.98. The monoisotopic (exact) mass is 208 g/mol. The topological polar surface area (TPSA) is 63.1 Å². The number of rotatable bonds is 1. The summed E-state index contributed by atoms with van der Waals surface area (Å²) < 4.78 is 0. The van der Waals surface area contributed by atoms with E-state index in [9.17, 15) is 4.79 Å². The van der Waals surface area contributed by atoms with Gasteiger partial charge in [0.2, 0.25) is 0 Å². The van der Waals surface area contributed by atoms with E-state index in [2.05, 4.69) is 10.2 Å². The number of aromatic carboxylic acids is 1. The number of halogens is 1. The number of fused-ring (bicyclic) bond motifs is 1. The van der Waals surface area contributed by atoms with Crippen molar-refractivity contribution in [2.75, 3.05) is 0 Å². The van der Waals surface area contributed by atoms with E-state index in [4.69, 9.17) is 16.7 Å². The van der Waals surface area contributed by atoms with Crippen LogP contribution in [-0.4, -0.2) is 21.3 Å². The van der Waals surface area contributed by atoms with Crippen LogP contribution in [0.1, 0.15) is 10.4 Å². The zero-order valence-corrected chi connectivity index (χ0v) is 7.69. The number of hydrogen-bond acceptors (Lipinski definition) is 3. The van der Waals surface area contributed by atoms with Gasteiger partial charge in [-0.15, -0.1) is 5.10 Å². The highest BCUT2D eigenvalue weighted by atomic mass is 35.5. The first-order valence-electron chi connectivity index (χ1n) is 3.83. The van der Waals surface area contributed by atoms with Crippen LogP contribution in [0.4, 0.5) is 0 Å². The van der Waals surface area contributed by atoms with E-state index in [1.165, 1.54) is 12.3 Å². The molecule has 5 heteroatoms. The molecule has 0 aliphatic rings. The van der Waals surface area contributed by atoms with Gasteiger partial charge >= 0.3 is 5.97 Å². The van der Waals surface area contributed by atoms with Crippen molar-refractivity contribution in [3.63, 3.8) is 0 Å². The largest absolute Gasteiger partial charge is 0.478 e. The van der Waals surface area contributed by atoms with Gasteiger partial charge in [-0.2, -0.15) is 5.10 Å². The zero-order valence-electron chi connectivity index (χ0n) is 6.94. The molecule has 2 aromatic rings. The molecule has 70 valence electrons. The number of carbonyl (C=O) groups is 1. The minimum atomic E-state index is -1.02. The zero-order chi connectivity index (χ0) is 10.1. The Balaban J connectivity index is 2.91. The molecule has 1 aromatic carbocycles. The lowest BCUT2D eigenvalue weighted by atomic mass is 10.1. The summed E-state index contributed by atoms with van der Waals surface area (Å²) in [6.45, 7) is 0. The van der Waals surface area contributed by atoms with Crippen molar-refractivity contribution >= 4 is 28.3 Å². The lowest BCUT2D eigenvalue weighted by Gasteiger charge is -2.01. The lowest BCUT2D eigenvalue weighted by molar-refractivity contribution is 0.0699. The Labute approximate surface area is 84.1 Å². The third-order valence-corrected chi connectivity index (χ3v) is 2.14. The Bertz CT molecular complexity index is 508. The maximum absolute atomic E-state index is 10.9. The molecular formula is C9H5ClN2O2. The summed E-state index contributed by atoms with van der Waals surface area (Å²) in [5, 5.41) is 17.4. The van der Waals surface area contributed by atoms with Crippen LogP contribution < -0.4 is 0 Å². The Morgan fingerprint density at radius 2 is 2.21 bits per heavy atom. The van der Waals surface area contributed by atoms with Gasteiger partial charge in [0.25, 0.3) is 0 Å².